The van der Waals surface area contributed by atoms with E-state index in [-0.39, 0.29) is 22.9 Å². The number of aliphatic hydroxyl groups excluding tert-OH is 1. The molecule has 34 heavy (non-hydrogen) atoms. The molecule has 2 aromatic carbocycles. The minimum absolute atomic E-state index is 0.0262. The average Bonchev–Trinajstić information content (AvgIpc) is 3.02. The summed E-state index contributed by atoms with van der Waals surface area (Å²) in [6.07, 6.45) is 0.649. The zero-order valence-electron chi connectivity index (χ0n) is 21.1. The molecule has 1 atom stereocenters. The number of ketones is 1. The highest BCUT2D eigenvalue weighted by atomic mass is 16.5. The number of aliphatic hydroxyl groups is 1. The molecule has 1 heterocycles. The minimum atomic E-state index is -0.723. The van der Waals surface area contributed by atoms with Crippen LogP contribution in [-0.2, 0) is 15.0 Å². The van der Waals surface area contributed by atoms with E-state index < -0.39 is 17.7 Å². The Morgan fingerprint density at radius 3 is 2.41 bits per heavy atom. The van der Waals surface area contributed by atoms with Crippen molar-refractivity contribution in [2.75, 3.05) is 13.7 Å². The molecule has 0 aliphatic carbocycles. The first-order valence-electron chi connectivity index (χ1n) is 11.7. The van der Waals surface area contributed by atoms with E-state index in [1.807, 2.05) is 57.2 Å². The highest BCUT2D eigenvalue weighted by molar-refractivity contribution is 6.46. The van der Waals surface area contributed by atoms with Crippen LogP contribution >= 0.6 is 0 Å². The second-order valence-corrected chi connectivity index (χ2v) is 9.90. The van der Waals surface area contributed by atoms with Crippen molar-refractivity contribution in [3.05, 3.63) is 64.7 Å². The first-order chi connectivity index (χ1) is 16.0. The van der Waals surface area contributed by atoms with Crippen molar-refractivity contribution in [2.45, 2.75) is 65.5 Å². The lowest BCUT2D eigenvalue weighted by atomic mass is 9.85. The highest BCUT2D eigenvalue weighted by Crippen LogP contribution is 2.42. The van der Waals surface area contributed by atoms with E-state index >= 15 is 0 Å². The Kier molecular flexibility index (Phi) is 7.39. The van der Waals surface area contributed by atoms with Crippen LogP contribution in [0.5, 0.6) is 11.5 Å². The predicted octanol–water partition coefficient (Wildman–Crippen LogP) is 5.61. The van der Waals surface area contributed by atoms with Crippen molar-refractivity contribution in [2.24, 2.45) is 0 Å². The summed E-state index contributed by atoms with van der Waals surface area (Å²) >= 11 is 0. The lowest BCUT2D eigenvalue weighted by molar-refractivity contribution is -0.139. The number of carbonyl (C=O) groups is 2. The third-order valence-electron chi connectivity index (χ3n) is 5.87. The Morgan fingerprint density at radius 1 is 1.12 bits per heavy atom. The molecule has 1 saturated heterocycles. The van der Waals surface area contributed by atoms with Crippen LogP contribution in [0.25, 0.3) is 5.76 Å². The standard InChI is InChI=1S/C28H35NO5/c1-8-14-29-24(18-10-9-11-20(15-18)34-17(2)3)23(26(31)27(29)32)25(30)21-16-19(28(4,5)6)12-13-22(21)33-7/h9-13,15-17,24,30H,8,14H2,1-7H3/b25-23+. The third-order valence-corrected chi connectivity index (χ3v) is 5.87. The molecule has 0 bridgehead atoms. The van der Waals surface area contributed by atoms with Gasteiger partial charge in [-0.1, -0.05) is 45.9 Å². The number of methoxy groups -OCH3 is 1. The molecule has 6 heteroatoms. The normalized spacial score (nSPS) is 18.0. The number of benzene rings is 2. The van der Waals surface area contributed by atoms with Crippen LogP contribution in [0.2, 0.25) is 0 Å². The van der Waals surface area contributed by atoms with Crippen LogP contribution in [0.3, 0.4) is 0 Å². The van der Waals surface area contributed by atoms with Crippen molar-refractivity contribution >= 4 is 17.4 Å². The van der Waals surface area contributed by atoms with Crippen LogP contribution in [0.15, 0.2) is 48.0 Å². The maximum Gasteiger partial charge on any atom is 0.295 e. The van der Waals surface area contributed by atoms with Gasteiger partial charge in [0.25, 0.3) is 11.7 Å². The lowest BCUT2D eigenvalue weighted by Crippen LogP contribution is -2.30. The molecule has 182 valence electrons. The number of amides is 1. The number of nitrogens with zero attached hydrogens (tertiary/aromatic N) is 1. The molecule has 1 unspecified atom stereocenters. The van der Waals surface area contributed by atoms with Gasteiger partial charge in [0, 0.05) is 6.54 Å². The fourth-order valence-electron chi connectivity index (χ4n) is 4.23. The van der Waals surface area contributed by atoms with Gasteiger partial charge in [-0.05, 0) is 61.1 Å². The van der Waals surface area contributed by atoms with Crippen LogP contribution in [0.4, 0.5) is 0 Å². The maximum absolute atomic E-state index is 13.3. The minimum Gasteiger partial charge on any atom is -0.507 e. The summed E-state index contributed by atoms with van der Waals surface area (Å²) in [5, 5.41) is 11.5. The second-order valence-electron chi connectivity index (χ2n) is 9.90. The van der Waals surface area contributed by atoms with Gasteiger partial charge in [0.15, 0.2) is 0 Å². The van der Waals surface area contributed by atoms with Crippen LogP contribution < -0.4 is 9.47 Å². The molecule has 3 rings (SSSR count). The SMILES string of the molecule is CCCN1C(=O)C(=O)/C(=C(/O)c2cc(C(C)(C)C)ccc2OC)C1c1cccc(OC(C)C)c1. The number of likely N-dealkylation sites (tertiary alicyclic amines) is 1. The first-order valence-corrected chi connectivity index (χ1v) is 11.7. The van der Waals surface area contributed by atoms with Crippen molar-refractivity contribution < 1.29 is 24.2 Å². The number of hydrogen-bond donors (Lipinski definition) is 1. The van der Waals surface area contributed by atoms with E-state index in [9.17, 15) is 14.7 Å². The van der Waals surface area contributed by atoms with Crippen molar-refractivity contribution in [1.82, 2.24) is 4.90 Å². The van der Waals surface area contributed by atoms with Gasteiger partial charge in [-0.15, -0.1) is 0 Å². The Bertz CT molecular complexity index is 1110. The topological polar surface area (TPSA) is 76.1 Å². The molecule has 1 aliphatic rings. The zero-order chi connectivity index (χ0) is 25.2. The summed E-state index contributed by atoms with van der Waals surface area (Å²) in [5.74, 6) is -0.478. The van der Waals surface area contributed by atoms with Gasteiger partial charge in [-0.3, -0.25) is 9.59 Å². The molecule has 1 fully saturated rings. The largest absolute Gasteiger partial charge is 0.507 e. The van der Waals surface area contributed by atoms with E-state index in [1.54, 1.807) is 6.07 Å². The summed E-state index contributed by atoms with van der Waals surface area (Å²) in [5.41, 5.74) is 1.95. The van der Waals surface area contributed by atoms with Gasteiger partial charge in [0.1, 0.15) is 17.3 Å². The molecule has 1 N–H and O–H groups in total. The summed E-state index contributed by atoms with van der Waals surface area (Å²) < 4.78 is 11.4. The van der Waals surface area contributed by atoms with Crippen LogP contribution in [0, 0.1) is 0 Å². The average molecular weight is 466 g/mol. The molecule has 6 nitrogen and oxygen atoms in total. The van der Waals surface area contributed by atoms with Crippen molar-refractivity contribution in [3.63, 3.8) is 0 Å². The Hall–Kier alpha value is -3.28. The summed E-state index contributed by atoms with van der Waals surface area (Å²) in [7, 11) is 1.52. The number of rotatable bonds is 7. The number of Topliss-reactive ketones (excluding diaryl/α,β-unsaturated/α-hetero) is 1. The van der Waals surface area contributed by atoms with Crippen LogP contribution in [-0.4, -0.2) is 41.5 Å². The first kappa shape index (κ1) is 25.3. The van der Waals surface area contributed by atoms with Gasteiger partial charge >= 0.3 is 0 Å². The van der Waals surface area contributed by atoms with Gasteiger partial charge in [-0.25, -0.2) is 0 Å². The Balaban J connectivity index is 2.25. The monoisotopic (exact) mass is 465 g/mol. The van der Waals surface area contributed by atoms with Gasteiger partial charge in [-0.2, -0.15) is 0 Å². The summed E-state index contributed by atoms with van der Waals surface area (Å²) in [6, 6.07) is 12.2. The number of hydrogen-bond acceptors (Lipinski definition) is 5. The molecule has 2 aromatic rings. The summed E-state index contributed by atoms with van der Waals surface area (Å²) in [4.78, 5) is 27.8. The molecule has 0 spiro atoms. The van der Waals surface area contributed by atoms with E-state index in [4.69, 9.17) is 9.47 Å². The number of ether oxygens (including phenoxy) is 2. The molecular weight excluding hydrogens is 430 g/mol. The third kappa shape index (κ3) is 4.96. The van der Waals surface area contributed by atoms with Gasteiger partial charge < -0.3 is 19.5 Å². The fourth-order valence-corrected chi connectivity index (χ4v) is 4.23. The van der Waals surface area contributed by atoms with E-state index in [1.165, 1.54) is 12.0 Å². The second kappa shape index (κ2) is 9.92. The summed E-state index contributed by atoms with van der Waals surface area (Å²) in [6.45, 7) is 12.4. The number of carbonyl (C=O) groups excluding carboxylic acids is 2. The molecule has 0 radical (unpaired) electrons. The predicted molar refractivity (Wildman–Crippen MR) is 133 cm³/mol. The molecule has 1 aliphatic heterocycles. The van der Waals surface area contributed by atoms with Gasteiger partial charge in [0.2, 0.25) is 0 Å². The highest BCUT2D eigenvalue weighted by Gasteiger charge is 2.46. The molecular formula is C28H35NO5. The van der Waals surface area contributed by atoms with E-state index in [0.29, 0.717) is 35.6 Å². The van der Waals surface area contributed by atoms with Gasteiger partial charge in [0.05, 0.1) is 30.4 Å². The Labute approximate surface area is 202 Å². The van der Waals surface area contributed by atoms with Crippen molar-refractivity contribution in [1.29, 1.82) is 0 Å². The fraction of sp³-hybridized carbons (Fsp3) is 0.429. The quantitative estimate of drug-likeness (QED) is 0.327. The van der Waals surface area contributed by atoms with E-state index in [2.05, 4.69) is 20.8 Å². The molecule has 0 saturated carbocycles. The Morgan fingerprint density at radius 2 is 1.82 bits per heavy atom. The smallest absolute Gasteiger partial charge is 0.295 e. The maximum atomic E-state index is 13.3. The van der Waals surface area contributed by atoms with Crippen LogP contribution in [0.1, 0.15) is 70.7 Å². The lowest BCUT2D eigenvalue weighted by Gasteiger charge is -2.26. The van der Waals surface area contributed by atoms with Crippen molar-refractivity contribution in [3.8, 4) is 11.5 Å². The molecule has 1 amide bonds. The zero-order valence-corrected chi connectivity index (χ0v) is 21.1. The van der Waals surface area contributed by atoms with E-state index in [0.717, 1.165) is 5.56 Å². The molecule has 0 aromatic heterocycles.